The van der Waals surface area contributed by atoms with E-state index in [-0.39, 0.29) is 11.8 Å². The number of fused-ring (bicyclic) bond motifs is 1. The third-order valence-electron chi connectivity index (χ3n) is 4.17. The molecule has 0 aromatic carbocycles. The number of carbonyl (C=O) groups is 1. The van der Waals surface area contributed by atoms with Crippen molar-refractivity contribution in [3.05, 3.63) is 10.6 Å². The van der Waals surface area contributed by atoms with Crippen molar-refractivity contribution in [1.29, 1.82) is 0 Å². The van der Waals surface area contributed by atoms with Crippen molar-refractivity contribution in [1.82, 2.24) is 4.98 Å². The van der Waals surface area contributed by atoms with Gasteiger partial charge in [-0.15, -0.1) is 11.3 Å². The predicted molar refractivity (Wildman–Crippen MR) is 80.2 cm³/mol. The fourth-order valence-electron chi connectivity index (χ4n) is 2.93. The lowest BCUT2D eigenvalue weighted by atomic mass is 10.00. The number of rotatable bonds is 2. The minimum absolute atomic E-state index is 0.0928. The number of anilines is 1. The van der Waals surface area contributed by atoms with Crippen LogP contribution in [-0.4, -0.2) is 24.1 Å². The van der Waals surface area contributed by atoms with Gasteiger partial charge in [-0.2, -0.15) is 0 Å². The Balaban J connectivity index is 1.64. The molecule has 0 atom stereocenters. The number of ether oxygens (including phenoxy) is 1. The highest BCUT2D eigenvalue weighted by atomic mass is 32.1. The number of nitrogens with zero attached hydrogens (tertiary/aromatic N) is 1. The van der Waals surface area contributed by atoms with Crippen LogP contribution in [0.15, 0.2) is 0 Å². The van der Waals surface area contributed by atoms with E-state index in [9.17, 15) is 4.79 Å². The highest BCUT2D eigenvalue weighted by molar-refractivity contribution is 7.15. The number of hydrogen-bond donors (Lipinski definition) is 1. The number of thiazole rings is 1. The molecule has 1 aliphatic heterocycles. The molecule has 1 aliphatic carbocycles. The third kappa shape index (κ3) is 3.38. The molecule has 1 saturated heterocycles. The predicted octanol–water partition coefficient (Wildman–Crippen LogP) is 3.17. The van der Waals surface area contributed by atoms with Crippen LogP contribution in [-0.2, 0) is 22.4 Å². The smallest absolute Gasteiger partial charge is 0.229 e. The first-order chi connectivity index (χ1) is 9.83. The topological polar surface area (TPSA) is 51.2 Å². The van der Waals surface area contributed by atoms with Gasteiger partial charge in [0.1, 0.15) is 0 Å². The van der Waals surface area contributed by atoms with Crippen molar-refractivity contribution in [2.45, 2.75) is 51.4 Å². The normalized spacial score (nSPS) is 20.8. The largest absolute Gasteiger partial charge is 0.381 e. The fourth-order valence-corrected chi connectivity index (χ4v) is 3.98. The van der Waals surface area contributed by atoms with Crippen molar-refractivity contribution >= 4 is 22.4 Å². The Hall–Kier alpha value is -0.940. The molecule has 0 bridgehead atoms. The molecule has 110 valence electrons. The monoisotopic (exact) mass is 294 g/mol. The second kappa shape index (κ2) is 6.68. The van der Waals surface area contributed by atoms with Gasteiger partial charge in [-0.3, -0.25) is 4.79 Å². The van der Waals surface area contributed by atoms with E-state index in [1.165, 1.54) is 36.3 Å². The van der Waals surface area contributed by atoms with Crippen LogP contribution in [0.25, 0.3) is 0 Å². The second-order valence-electron chi connectivity index (χ2n) is 5.68. The minimum Gasteiger partial charge on any atom is -0.381 e. The second-order valence-corrected chi connectivity index (χ2v) is 6.76. The molecule has 1 aromatic rings. The Morgan fingerprint density at radius 3 is 2.70 bits per heavy atom. The number of aromatic nitrogens is 1. The lowest BCUT2D eigenvalue weighted by Gasteiger charge is -2.20. The van der Waals surface area contributed by atoms with E-state index in [4.69, 9.17) is 4.74 Å². The molecule has 0 radical (unpaired) electrons. The van der Waals surface area contributed by atoms with Crippen LogP contribution in [0.4, 0.5) is 5.13 Å². The minimum atomic E-state index is 0.0928. The van der Waals surface area contributed by atoms with E-state index in [1.54, 1.807) is 11.3 Å². The molecule has 1 aromatic heterocycles. The van der Waals surface area contributed by atoms with E-state index in [0.29, 0.717) is 13.2 Å². The van der Waals surface area contributed by atoms with Gasteiger partial charge >= 0.3 is 0 Å². The maximum absolute atomic E-state index is 12.2. The van der Waals surface area contributed by atoms with Gasteiger partial charge in [-0.25, -0.2) is 4.98 Å². The first-order valence-corrected chi connectivity index (χ1v) is 8.52. The summed E-state index contributed by atoms with van der Waals surface area (Å²) in [7, 11) is 0. The molecule has 0 unspecified atom stereocenters. The zero-order valence-corrected chi connectivity index (χ0v) is 12.6. The first kappa shape index (κ1) is 14.0. The molecule has 1 fully saturated rings. The van der Waals surface area contributed by atoms with E-state index in [2.05, 4.69) is 10.3 Å². The molecule has 1 amide bonds. The van der Waals surface area contributed by atoms with E-state index >= 15 is 0 Å². The van der Waals surface area contributed by atoms with Gasteiger partial charge in [0, 0.05) is 24.0 Å². The maximum atomic E-state index is 12.2. The highest BCUT2D eigenvalue weighted by Gasteiger charge is 2.23. The molecular weight excluding hydrogens is 272 g/mol. The third-order valence-corrected chi connectivity index (χ3v) is 5.24. The van der Waals surface area contributed by atoms with Gasteiger partial charge < -0.3 is 10.1 Å². The lowest BCUT2D eigenvalue weighted by Crippen LogP contribution is -2.28. The molecule has 2 aliphatic rings. The van der Waals surface area contributed by atoms with Crippen molar-refractivity contribution in [2.24, 2.45) is 5.92 Å². The Morgan fingerprint density at radius 2 is 1.90 bits per heavy atom. The zero-order valence-electron chi connectivity index (χ0n) is 11.8. The Kier molecular flexibility index (Phi) is 4.68. The summed E-state index contributed by atoms with van der Waals surface area (Å²) in [6, 6.07) is 0. The molecule has 5 heteroatoms. The standard InChI is InChI=1S/C15H22N2O2S/c18-14(11-7-9-19-10-8-11)17-15-16-12-5-3-1-2-4-6-13(12)20-15/h11H,1-10H2,(H,16,17,18). The number of carbonyl (C=O) groups excluding carboxylic acids is 1. The van der Waals surface area contributed by atoms with Crippen molar-refractivity contribution in [3.8, 4) is 0 Å². The summed E-state index contributed by atoms with van der Waals surface area (Å²) in [4.78, 5) is 18.2. The Morgan fingerprint density at radius 1 is 1.15 bits per heavy atom. The van der Waals surface area contributed by atoms with E-state index in [1.807, 2.05) is 0 Å². The van der Waals surface area contributed by atoms with Crippen molar-refractivity contribution in [2.75, 3.05) is 18.5 Å². The van der Waals surface area contributed by atoms with Gasteiger partial charge in [-0.1, -0.05) is 12.8 Å². The summed E-state index contributed by atoms with van der Waals surface area (Å²) >= 11 is 1.68. The Labute approximate surface area is 123 Å². The number of aryl methyl sites for hydroxylation is 2. The van der Waals surface area contributed by atoms with Crippen molar-refractivity contribution < 1.29 is 9.53 Å². The summed E-state index contributed by atoms with van der Waals surface area (Å²) in [5.74, 6) is 0.213. The van der Waals surface area contributed by atoms with Crippen molar-refractivity contribution in [3.63, 3.8) is 0 Å². The number of nitrogens with one attached hydrogen (secondary N) is 1. The van der Waals surface area contributed by atoms with Gasteiger partial charge in [-0.05, 0) is 38.5 Å². The summed E-state index contributed by atoms with van der Waals surface area (Å²) in [5, 5.41) is 3.82. The van der Waals surface area contributed by atoms with Crippen LogP contribution >= 0.6 is 11.3 Å². The van der Waals surface area contributed by atoms with E-state index in [0.717, 1.165) is 30.8 Å². The molecule has 20 heavy (non-hydrogen) atoms. The average Bonchev–Trinajstić information content (AvgIpc) is 2.81. The van der Waals surface area contributed by atoms with Crippen LogP contribution < -0.4 is 5.32 Å². The summed E-state index contributed by atoms with van der Waals surface area (Å²) < 4.78 is 5.30. The molecule has 4 nitrogen and oxygen atoms in total. The van der Waals surface area contributed by atoms with Gasteiger partial charge in [0.2, 0.25) is 5.91 Å². The maximum Gasteiger partial charge on any atom is 0.229 e. The quantitative estimate of drug-likeness (QED) is 0.911. The fraction of sp³-hybridized carbons (Fsp3) is 0.733. The highest BCUT2D eigenvalue weighted by Crippen LogP contribution is 2.29. The molecular formula is C15H22N2O2S. The van der Waals surface area contributed by atoms with Crippen LogP contribution in [0.2, 0.25) is 0 Å². The zero-order chi connectivity index (χ0) is 13.8. The van der Waals surface area contributed by atoms with Gasteiger partial charge in [0.05, 0.1) is 5.69 Å². The number of hydrogen-bond acceptors (Lipinski definition) is 4. The molecule has 0 spiro atoms. The molecule has 3 rings (SSSR count). The van der Waals surface area contributed by atoms with Crippen LogP contribution in [0, 0.1) is 5.92 Å². The van der Waals surface area contributed by atoms with Gasteiger partial charge in [0.15, 0.2) is 5.13 Å². The molecule has 1 N–H and O–H groups in total. The average molecular weight is 294 g/mol. The van der Waals surface area contributed by atoms with Crippen LogP contribution in [0.3, 0.4) is 0 Å². The van der Waals surface area contributed by atoms with E-state index < -0.39 is 0 Å². The van der Waals surface area contributed by atoms with Crippen LogP contribution in [0.1, 0.15) is 49.1 Å². The first-order valence-electron chi connectivity index (χ1n) is 7.70. The summed E-state index contributed by atoms with van der Waals surface area (Å²) in [5.41, 5.74) is 1.22. The molecule has 0 saturated carbocycles. The number of amides is 1. The summed E-state index contributed by atoms with van der Waals surface area (Å²) in [6.07, 6.45) is 8.96. The summed E-state index contributed by atoms with van der Waals surface area (Å²) in [6.45, 7) is 1.40. The molecule has 2 heterocycles. The lowest BCUT2D eigenvalue weighted by molar-refractivity contribution is -0.122. The SMILES string of the molecule is O=C(Nc1nc2c(s1)CCCCCC2)C1CCOCC1. The van der Waals surface area contributed by atoms with Crippen LogP contribution in [0.5, 0.6) is 0 Å². The van der Waals surface area contributed by atoms with Gasteiger partial charge in [0.25, 0.3) is 0 Å². The Bertz CT molecular complexity index is 441.